The highest BCUT2D eigenvalue weighted by atomic mass is 79.9. The molecule has 2 rings (SSSR count). The smallest absolute Gasteiger partial charge is 0.0598 e. The van der Waals surface area contributed by atoms with Crippen molar-refractivity contribution < 1.29 is 0 Å². The van der Waals surface area contributed by atoms with Crippen molar-refractivity contribution in [3.63, 3.8) is 0 Å². The van der Waals surface area contributed by atoms with E-state index in [4.69, 9.17) is 11.6 Å². The highest BCUT2D eigenvalue weighted by Crippen LogP contribution is 2.31. The van der Waals surface area contributed by atoms with Gasteiger partial charge in [-0.1, -0.05) is 39.7 Å². The molecule has 2 aromatic carbocycles. The van der Waals surface area contributed by atoms with E-state index in [1.807, 2.05) is 44.4 Å². The number of halogens is 2. The van der Waals surface area contributed by atoms with Crippen molar-refractivity contribution in [2.45, 2.75) is 13.0 Å². The van der Waals surface area contributed by atoms with Crippen LogP contribution >= 0.6 is 27.5 Å². The van der Waals surface area contributed by atoms with E-state index in [-0.39, 0.29) is 6.04 Å². The van der Waals surface area contributed by atoms with Crippen molar-refractivity contribution in [2.24, 2.45) is 0 Å². The molecule has 2 nitrogen and oxygen atoms in total. The van der Waals surface area contributed by atoms with Crippen molar-refractivity contribution in [3.8, 4) is 0 Å². The van der Waals surface area contributed by atoms with Crippen LogP contribution in [0.5, 0.6) is 0 Å². The fraction of sp³-hybridized carbons (Fsp3) is 0.250. The maximum atomic E-state index is 6.11. The lowest BCUT2D eigenvalue weighted by Crippen LogP contribution is -2.14. The fourth-order valence-corrected chi connectivity index (χ4v) is 2.70. The lowest BCUT2D eigenvalue weighted by atomic mass is 10.1. The summed E-state index contributed by atoms with van der Waals surface area (Å²) in [6.07, 6.45) is 0. The predicted molar refractivity (Wildman–Crippen MR) is 92.0 cm³/mol. The third-order valence-electron chi connectivity index (χ3n) is 3.16. The first-order valence-electron chi connectivity index (χ1n) is 6.46. The summed E-state index contributed by atoms with van der Waals surface area (Å²) in [5, 5.41) is 4.26. The molecular weight excluding hydrogens is 336 g/mol. The van der Waals surface area contributed by atoms with Crippen molar-refractivity contribution in [1.82, 2.24) is 0 Å². The van der Waals surface area contributed by atoms with Gasteiger partial charge in [-0.3, -0.25) is 0 Å². The van der Waals surface area contributed by atoms with Crippen molar-refractivity contribution in [3.05, 3.63) is 57.5 Å². The fourth-order valence-electron chi connectivity index (χ4n) is 2.11. The molecule has 0 saturated heterocycles. The molecule has 0 fully saturated rings. The van der Waals surface area contributed by atoms with Crippen LogP contribution in [0.25, 0.3) is 0 Å². The van der Waals surface area contributed by atoms with Crippen LogP contribution in [-0.4, -0.2) is 14.1 Å². The van der Waals surface area contributed by atoms with Crippen LogP contribution in [0.3, 0.4) is 0 Å². The predicted octanol–water partition coefficient (Wildman–Crippen LogP) is 5.34. The van der Waals surface area contributed by atoms with E-state index >= 15 is 0 Å². The normalized spacial score (nSPS) is 12.1. The number of nitrogens with zero attached hydrogens (tertiary/aromatic N) is 1. The van der Waals surface area contributed by atoms with E-state index < -0.39 is 0 Å². The molecule has 0 aromatic heterocycles. The van der Waals surface area contributed by atoms with Gasteiger partial charge in [0.2, 0.25) is 0 Å². The van der Waals surface area contributed by atoms with E-state index in [0.717, 1.165) is 20.9 Å². The van der Waals surface area contributed by atoms with Crippen molar-refractivity contribution in [2.75, 3.05) is 24.3 Å². The SMILES string of the molecule is CC(Nc1cc(Cl)ccc1N(C)C)c1cccc(Br)c1. The number of benzene rings is 2. The third-order valence-corrected chi connectivity index (χ3v) is 3.89. The average molecular weight is 354 g/mol. The van der Waals surface area contributed by atoms with Gasteiger partial charge in [0.15, 0.2) is 0 Å². The number of hydrogen-bond acceptors (Lipinski definition) is 2. The Bertz CT molecular complexity index is 599. The second kappa shape index (κ2) is 6.51. The minimum atomic E-state index is 0.199. The first-order chi connectivity index (χ1) is 9.47. The molecule has 106 valence electrons. The van der Waals surface area contributed by atoms with Crippen LogP contribution in [0, 0.1) is 0 Å². The zero-order chi connectivity index (χ0) is 14.7. The van der Waals surface area contributed by atoms with E-state index in [2.05, 4.69) is 45.2 Å². The van der Waals surface area contributed by atoms with E-state index in [9.17, 15) is 0 Å². The van der Waals surface area contributed by atoms with Gasteiger partial charge in [-0.05, 0) is 42.8 Å². The van der Waals surface area contributed by atoms with Crippen LogP contribution < -0.4 is 10.2 Å². The topological polar surface area (TPSA) is 15.3 Å². The van der Waals surface area contributed by atoms with Gasteiger partial charge in [0.05, 0.1) is 11.4 Å². The van der Waals surface area contributed by atoms with Gasteiger partial charge in [0.1, 0.15) is 0 Å². The molecule has 0 radical (unpaired) electrons. The van der Waals surface area contributed by atoms with Crippen LogP contribution in [0.2, 0.25) is 5.02 Å². The Balaban J connectivity index is 2.27. The molecule has 0 aliphatic carbocycles. The van der Waals surface area contributed by atoms with Gasteiger partial charge in [-0.2, -0.15) is 0 Å². The molecule has 0 spiro atoms. The van der Waals surface area contributed by atoms with Gasteiger partial charge in [0.25, 0.3) is 0 Å². The Morgan fingerprint density at radius 3 is 2.55 bits per heavy atom. The molecule has 0 aliphatic heterocycles. The average Bonchev–Trinajstić information content (AvgIpc) is 2.38. The number of anilines is 2. The van der Waals surface area contributed by atoms with Gasteiger partial charge in [0, 0.05) is 29.6 Å². The third kappa shape index (κ3) is 3.68. The maximum Gasteiger partial charge on any atom is 0.0598 e. The second-order valence-corrected chi connectivity index (χ2v) is 6.33. The highest BCUT2D eigenvalue weighted by Gasteiger charge is 2.10. The minimum absolute atomic E-state index is 0.199. The van der Waals surface area contributed by atoms with E-state index in [1.165, 1.54) is 5.56 Å². The summed E-state index contributed by atoms with van der Waals surface area (Å²) in [6, 6.07) is 14.4. The Morgan fingerprint density at radius 1 is 1.15 bits per heavy atom. The largest absolute Gasteiger partial charge is 0.377 e. The summed E-state index contributed by atoms with van der Waals surface area (Å²) in [5.74, 6) is 0. The summed E-state index contributed by atoms with van der Waals surface area (Å²) >= 11 is 9.62. The summed E-state index contributed by atoms with van der Waals surface area (Å²) in [6.45, 7) is 2.14. The molecule has 0 saturated carbocycles. The molecule has 0 aliphatic rings. The molecule has 2 aromatic rings. The summed E-state index contributed by atoms with van der Waals surface area (Å²) in [5.41, 5.74) is 3.38. The van der Waals surface area contributed by atoms with Gasteiger partial charge >= 0.3 is 0 Å². The molecule has 4 heteroatoms. The number of rotatable bonds is 4. The summed E-state index contributed by atoms with van der Waals surface area (Å²) in [4.78, 5) is 2.08. The first-order valence-corrected chi connectivity index (χ1v) is 7.63. The van der Waals surface area contributed by atoms with Gasteiger partial charge in [-0.15, -0.1) is 0 Å². The molecule has 0 amide bonds. The molecule has 1 N–H and O–H groups in total. The van der Waals surface area contributed by atoms with Crippen molar-refractivity contribution >= 4 is 38.9 Å². The monoisotopic (exact) mass is 352 g/mol. The lowest BCUT2D eigenvalue weighted by molar-refractivity contribution is 0.882. The van der Waals surface area contributed by atoms with Crippen LogP contribution in [0.15, 0.2) is 46.9 Å². The first kappa shape index (κ1) is 15.2. The Kier molecular flexibility index (Phi) is 4.95. The standard InChI is InChI=1S/C16H18BrClN2/c1-11(12-5-4-6-13(17)9-12)19-15-10-14(18)7-8-16(15)20(2)3/h4-11,19H,1-3H3. The summed E-state index contributed by atoms with van der Waals surface area (Å²) < 4.78 is 1.09. The molecule has 20 heavy (non-hydrogen) atoms. The van der Waals surface area contributed by atoms with Crippen molar-refractivity contribution in [1.29, 1.82) is 0 Å². The Hall–Kier alpha value is -1.19. The molecule has 1 unspecified atom stereocenters. The highest BCUT2D eigenvalue weighted by molar-refractivity contribution is 9.10. The quantitative estimate of drug-likeness (QED) is 0.798. The maximum absolute atomic E-state index is 6.11. The second-order valence-electron chi connectivity index (χ2n) is 4.98. The van der Waals surface area contributed by atoms with Crippen LogP contribution in [-0.2, 0) is 0 Å². The van der Waals surface area contributed by atoms with Gasteiger partial charge < -0.3 is 10.2 Å². The molecular formula is C16H18BrClN2. The van der Waals surface area contributed by atoms with E-state index in [0.29, 0.717) is 0 Å². The minimum Gasteiger partial charge on any atom is -0.377 e. The number of hydrogen-bond donors (Lipinski definition) is 1. The van der Waals surface area contributed by atoms with Gasteiger partial charge in [-0.25, -0.2) is 0 Å². The van der Waals surface area contributed by atoms with Crippen LogP contribution in [0.1, 0.15) is 18.5 Å². The zero-order valence-electron chi connectivity index (χ0n) is 11.8. The summed E-state index contributed by atoms with van der Waals surface area (Å²) in [7, 11) is 4.05. The Morgan fingerprint density at radius 2 is 1.90 bits per heavy atom. The van der Waals surface area contributed by atoms with E-state index in [1.54, 1.807) is 0 Å². The zero-order valence-corrected chi connectivity index (χ0v) is 14.2. The number of nitrogens with one attached hydrogen (secondary N) is 1. The lowest BCUT2D eigenvalue weighted by Gasteiger charge is -2.22. The van der Waals surface area contributed by atoms with Crippen LogP contribution in [0.4, 0.5) is 11.4 Å². The molecule has 0 bridgehead atoms. The molecule has 0 heterocycles. The molecule has 1 atom stereocenters. The Labute approximate surface area is 133 Å².